The Morgan fingerprint density at radius 3 is 2.53 bits per heavy atom. The number of hydrogen-bond acceptors (Lipinski definition) is 1. The van der Waals surface area contributed by atoms with Crippen molar-refractivity contribution in [1.82, 2.24) is 4.90 Å². The van der Waals surface area contributed by atoms with Crippen LogP contribution < -0.4 is 0 Å². The van der Waals surface area contributed by atoms with Gasteiger partial charge in [-0.1, -0.05) is 28.9 Å². The third-order valence-corrected chi connectivity index (χ3v) is 3.51. The van der Waals surface area contributed by atoms with Crippen molar-refractivity contribution in [1.29, 1.82) is 0 Å². The standard InChI is InChI=1S/C13H15BrF3NO/c1-3-7-18(8-13(15,16)17)12(19)10-5-4-6-11(14)9(10)2/h4-6H,3,7-8H2,1-2H3. The first-order chi connectivity index (χ1) is 8.76. The predicted octanol–water partition coefficient (Wildman–Crippen LogP) is 4.17. The Morgan fingerprint density at radius 2 is 2.00 bits per heavy atom. The molecule has 0 unspecified atom stereocenters. The highest BCUT2D eigenvalue weighted by atomic mass is 79.9. The second-order valence-corrected chi connectivity index (χ2v) is 5.11. The molecule has 0 aliphatic heterocycles. The molecule has 0 heterocycles. The molecule has 6 heteroatoms. The van der Waals surface area contributed by atoms with E-state index in [9.17, 15) is 18.0 Å². The van der Waals surface area contributed by atoms with E-state index in [0.717, 1.165) is 4.90 Å². The van der Waals surface area contributed by atoms with Gasteiger partial charge in [-0.3, -0.25) is 4.79 Å². The quantitative estimate of drug-likeness (QED) is 0.807. The van der Waals surface area contributed by atoms with E-state index in [0.29, 0.717) is 22.0 Å². The molecule has 1 amide bonds. The van der Waals surface area contributed by atoms with Crippen molar-refractivity contribution in [3.05, 3.63) is 33.8 Å². The van der Waals surface area contributed by atoms with Crippen LogP contribution in [-0.4, -0.2) is 30.1 Å². The Morgan fingerprint density at radius 1 is 1.37 bits per heavy atom. The molecule has 0 aromatic heterocycles. The first-order valence-corrected chi connectivity index (χ1v) is 6.66. The fraction of sp³-hybridized carbons (Fsp3) is 0.462. The minimum absolute atomic E-state index is 0.0876. The molecule has 0 bridgehead atoms. The highest BCUT2D eigenvalue weighted by Gasteiger charge is 2.33. The van der Waals surface area contributed by atoms with Gasteiger partial charge in [-0.25, -0.2) is 0 Å². The maximum absolute atomic E-state index is 12.5. The molecule has 0 saturated heterocycles. The SMILES string of the molecule is CCCN(CC(F)(F)F)C(=O)c1cccc(Br)c1C. The lowest BCUT2D eigenvalue weighted by Gasteiger charge is -2.24. The lowest BCUT2D eigenvalue weighted by Crippen LogP contribution is -2.39. The maximum Gasteiger partial charge on any atom is 0.406 e. The summed E-state index contributed by atoms with van der Waals surface area (Å²) in [5.74, 6) is -0.585. The third kappa shape index (κ3) is 4.53. The molecule has 1 rings (SSSR count). The number of carbonyl (C=O) groups is 1. The van der Waals surface area contributed by atoms with Crippen molar-refractivity contribution in [2.45, 2.75) is 26.4 Å². The van der Waals surface area contributed by atoms with Crippen molar-refractivity contribution >= 4 is 21.8 Å². The van der Waals surface area contributed by atoms with Crippen molar-refractivity contribution in [2.75, 3.05) is 13.1 Å². The van der Waals surface area contributed by atoms with E-state index < -0.39 is 18.6 Å². The van der Waals surface area contributed by atoms with Crippen LogP contribution >= 0.6 is 15.9 Å². The normalized spacial score (nSPS) is 11.5. The van der Waals surface area contributed by atoms with Gasteiger partial charge in [0.25, 0.3) is 5.91 Å². The van der Waals surface area contributed by atoms with Gasteiger partial charge >= 0.3 is 6.18 Å². The summed E-state index contributed by atoms with van der Waals surface area (Å²) in [7, 11) is 0. The van der Waals surface area contributed by atoms with Gasteiger partial charge in [0.15, 0.2) is 0 Å². The van der Waals surface area contributed by atoms with Gasteiger partial charge in [0.05, 0.1) is 0 Å². The number of carbonyl (C=O) groups excluding carboxylic acids is 1. The summed E-state index contributed by atoms with van der Waals surface area (Å²) in [5.41, 5.74) is 0.947. The topological polar surface area (TPSA) is 20.3 Å². The third-order valence-electron chi connectivity index (χ3n) is 2.65. The van der Waals surface area contributed by atoms with E-state index >= 15 is 0 Å². The fourth-order valence-electron chi connectivity index (χ4n) is 1.75. The smallest absolute Gasteiger partial charge is 0.330 e. The summed E-state index contributed by atoms with van der Waals surface area (Å²) in [6, 6.07) is 4.93. The summed E-state index contributed by atoms with van der Waals surface area (Å²) in [4.78, 5) is 13.0. The van der Waals surface area contributed by atoms with Gasteiger partial charge in [-0.2, -0.15) is 13.2 Å². The second-order valence-electron chi connectivity index (χ2n) is 4.25. The second kappa shape index (κ2) is 6.41. The molecule has 19 heavy (non-hydrogen) atoms. The molecule has 0 N–H and O–H groups in total. The van der Waals surface area contributed by atoms with Crippen LogP contribution in [-0.2, 0) is 0 Å². The molecule has 1 aromatic rings. The van der Waals surface area contributed by atoms with Crippen LogP contribution in [0.3, 0.4) is 0 Å². The van der Waals surface area contributed by atoms with E-state index in [1.807, 2.05) is 0 Å². The van der Waals surface area contributed by atoms with Crippen LogP contribution in [0.15, 0.2) is 22.7 Å². The number of alkyl halides is 3. The zero-order valence-corrected chi connectivity index (χ0v) is 12.3. The predicted molar refractivity (Wildman–Crippen MR) is 71.1 cm³/mol. The van der Waals surface area contributed by atoms with E-state index in [2.05, 4.69) is 15.9 Å². The van der Waals surface area contributed by atoms with Crippen LogP contribution in [0.1, 0.15) is 29.3 Å². The Balaban J connectivity index is 3.02. The van der Waals surface area contributed by atoms with Gasteiger partial charge < -0.3 is 4.90 Å². The zero-order chi connectivity index (χ0) is 14.6. The number of benzene rings is 1. The number of rotatable bonds is 4. The average molecular weight is 338 g/mol. The van der Waals surface area contributed by atoms with Crippen molar-refractivity contribution < 1.29 is 18.0 Å². The molecule has 2 nitrogen and oxygen atoms in total. The number of hydrogen-bond donors (Lipinski definition) is 0. The Bertz CT molecular complexity index is 460. The van der Waals surface area contributed by atoms with Crippen LogP contribution in [0.5, 0.6) is 0 Å². The molecule has 0 spiro atoms. The maximum atomic E-state index is 12.5. The van der Waals surface area contributed by atoms with E-state index in [-0.39, 0.29) is 6.54 Å². The molecule has 0 aliphatic rings. The van der Waals surface area contributed by atoms with Crippen LogP contribution in [0.4, 0.5) is 13.2 Å². The lowest BCUT2D eigenvalue weighted by atomic mass is 10.1. The first kappa shape index (κ1) is 16.0. The van der Waals surface area contributed by atoms with E-state index in [1.54, 1.807) is 32.0 Å². The largest absolute Gasteiger partial charge is 0.406 e. The molecule has 1 aromatic carbocycles. The summed E-state index contributed by atoms with van der Waals surface area (Å²) >= 11 is 3.27. The van der Waals surface area contributed by atoms with Gasteiger partial charge in [0.1, 0.15) is 6.54 Å². The van der Waals surface area contributed by atoms with Gasteiger partial charge in [0.2, 0.25) is 0 Å². The molecular weight excluding hydrogens is 323 g/mol. The minimum Gasteiger partial charge on any atom is -0.330 e. The highest BCUT2D eigenvalue weighted by molar-refractivity contribution is 9.10. The van der Waals surface area contributed by atoms with Gasteiger partial charge in [-0.15, -0.1) is 0 Å². The Kier molecular flexibility index (Phi) is 5.40. The van der Waals surface area contributed by atoms with Crippen molar-refractivity contribution in [2.24, 2.45) is 0 Å². The molecule has 0 radical (unpaired) electrons. The average Bonchev–Trinajstić information content (AvgIpc) is 2.30. The highest BCUT2D eigenvalue weighted by Crippen LogP contribution is 2.23. The lowest BCUT2D eigenvalue weighted by molar-refractivity contribution is -0.140. The number of halogens is 4. The van der Waals surface area contributed by atoms with Gasteiger partial charge in [0, 0.05) is 16.6 Å². The summed E-state index contributed by atoms with van der Waals surface area (Å²) in [5, 5.41) is 0. The fourth-order valence-corrected chi connectivity index (χ4v) is 2.11. The molecule has 0 atom stereocenters. The number of amides is 1. The minimum atomic E-state index is -4.38. The molecular formula is C13H15BrF3NO. The summed E-state index contributed by atoms with van der Waals surface area (Å²) in [6.45, 7) is 2.31. The van der Waals surface area contributed by atoms with Crippen LogP contribution in [0.2, 0.25) is 0 Å². The van der Waals surface area contributed by atoms with Crippen LogP contribution in [0.25, 0.3) is 0 Å². The summed E-state index contributed by atoms with van der Waals surface area (Å²) < 4.78 is 38.2. The Hall–Kier alpha value is -1.04. The van der Waals surface area contributed by atoms with E-state index in [4.69, 9.17) is 0 Å². The van der Waals surface area contributed by atoms with Crippen molar-refractivity contribution in [3.63, 3.8) is 0 Å². The summed E-state index contributed by atoms with van der Waals surface area (Å²) in [6.07, 6.45) is -3.90. The first-order valence-electron chi connectivity index (χ1n) is 5.87. The van der Waals surface area contributed by atoms with E-state index in [1.165, 1.54) is 0 Å². The van der Waals surface area contributed by atoms with Crippen LogP contribution in [0, 0.1) is 6.92 Å². The molecule has 0 fully saturated rings. The molecule has 106 valence electrons. The zero-order valence-electron chi connectivity index (χ0n) is 10.7. The number of nitrogens with zero attached hydrogens (tertiary/aromatic N) is 1. The molecule has 0 aliphatic carbocycles. The van der Waals surface area contributed by atoms with Gasteiger partial charge in [-0.05, 0) is 31.0 Å². The van der Waals surface area contributed by atoms with Crippen molar-refractivity contribution in [3.8, 4) is 0 Å². The monoisotopic (exact) mass is 337 g/mol. The Labute approximate surface area is 118 Å². The molecule has 0 saturated carbocycles.